The molecule has 0 saturated carbocycles. The number of aromatic nitrogens is 1. The molecule has 0 aliphatic carbocycles. The van der Waals surface area contributed by atoms with Crippen molar-refractivity contribution in [1.29, 1.82) is 0 Å². The molecule has 0 saturated heterocycles. The maximum atomic E-state index is 11.6. The van der Waals surface area contributed by atoms with Crippen LogP contribution in [-0.4, -0.2) is 65.8 Å². The number of anilines is 3. The Morgan fingerprint density at radius 2 is 1.56 bits per heavy atom. The number of para-hydroxylation sites is 2. The molecule has 0 radical (unpaired) electrons. The van der Waals surface area contributed by atoms with Crippen LogP contribution < -0.4 is 10.6 Å². The Kier molecular flexibility index (Phi) is 8.64. The molecule has 1 aromatic heterocycles. The van der Waals surface area contributed by atoms with Crippen molar-refractivity contribution in [2.45, 2.75) is 13.5 Å². The number of hydrogen-bond donors (Lipinski definition) is 3. The first-order chi connectivity index (χ1) is 15.8. The number of ether oxygens (including phenoxy) is 1. The molecule has 3 aromatic carbocycles. The quantitative estimate of drug-likeness (QED) is 0.149. The Labute approximate surface area is 219 Å². The molecule has 1 amide bonds. The van der Waals surface area contributed by atoms with Crippen molar-refractivity contribution in [2.75, 3.05) is 23.0 Å². The normalized spacial score (nSPS) is 11.2. The number of pyridine rings is 1. The number of carbonyl (C=O) groups excluding carboxylic acids is 1. The fourth-order valence-electron chi connectivity index (χ4n) is 3.60. The van der Waals surface area contributed by atoms with Gasteiger partial charge in [0.25, 0.3) is 10.1 Å². The van der Waals surface area contributed by atoms with Crippen molar-refractivity contribution in [3.05, 3.63) is 72.3 Å². The Hall–Kier alpha value is -2.53. The van der Waals surface area contributed by atoms with Crippen LogP contribution in [-0.2, 0) is 26.3 Å². The molecule has 172 valence electrons. The Morgan fingerprint density at radius 1 is 0.971 bits per heavy atom. The second-order valence-electron chi connectivity index (χ2n) is 7.58. The summed E-state index contributed by atoms with van der Waals surface area (Å²) < 4.78 is 36.1. The van der Waals surface area contributed by atoms with E-state index in [1.54, 1.807) is 6.07 Å². The molecule has 34 heavy (non-hydrogen) atoms. The standard InChI is InChI=1S/C24H23N3O5S.Na.H/c1-16(28)25-18-12-17(15-32-10-11-33(29,30)31)13-19(14-18)26-24-20-6-2-4-8-22(20)27-23-9-5-3-7-21(23)24;;/h2-9,12-14H,10-11,15H2,1H3,(H,25,28)(H,26,27)(H,29,30,31);;. The van der Waals surface area contributed by atoms with Crippen LogP contribution in [0.2, 0.25) is 0 Å². The molecule has 0 unspecified atom stereocenters. The number of nitrogens with one attached hydrogen (secondary N) is 2. The van der Waals surface area contributed by atoms with Gasteiger partial charge in [0.2, 0.25) is 5.91 Å². The molecule has 0 aliphatic rings. The fourth-order valence-corrected chi connectivity index (χ4v) is 3.92. The molecule has 4 rings (SSSR count). The third kappa shape index (κ3) is 6.75. The summed E-state index contributed by atoms with van der Waals surface area (Å²) in [6.45, 7) is 1.38. The van der Waals surface area contributed by atoms with Crippen LogP contribution >= 0.6 is 0 Å². The number of rotatable bonds is 8. The van der Waals surface area contributed by atoms with Gasteiger partial charge in [-0.1, -0.05) is 36.4 Å². The first-order valence-electron chi connectivity index (χ1n) is 10.3. The summed E-state index contributed by atoms with van der Waals surface area (Å²) in [6, 6.07) is 21.1. The van der Waals surface area contributed by atoms with Gasteiger partial charge < -0.3 is 15.4 Å². The summed E-state index contributed by atoms with van der Waals surface area (Å²) in [5, 5.41) is 8.16. The van der Waals surface area contributed by atoms with E-state index in [1.165, 1.54) is 6.92 Å². The average Bonchev–Trinajstić information content (AvgIpc) is 2.75. The predicted octanol–water partition coefficient (Wildman–Crippen LogP) is 3.85. The Balaban J connectivity index is 0.00000324. The van der Waals surface area contributed by atoms with Crippen LogP contribution in [0.25, 0.3) is 21.8 Å². The summed E-state index contributed by atoms with van der Waals surface area (Å²) in [5.41, 5.74) is 4.60. The Bertz CT molecular complexity index is 1390. The van der Waals surface area contributed by atoms with Crippen LogP contribution in [0.4, 0.5) is 17.1 Å². The molecular formula is C24H24N3NaO5S. The number of hydrogen-bond acceptors (Lipinski definition) is 6. The number of nitrogens with zero attached hydrogens (tertiary/aromatic N) is 1. The number of carbonyl (C=O) groups is 1. The minimum atomic E-state index is -4.09. The van der Waals surface area contributed by atoms with Crippen LogP contribution in [0.1, 0.15) is 12.5 Å². The van der Waals surface area contributed by atoms with E-state index in [1.807, 2.05) is 60.7 Å². The molecule has 10 heteroatoms. The predicted molar refractivity (Wildman–Crippen MR) is 136 cm³/mol. The van der Waals surface area contributed by atoms with Gasteiger partial charge in [-0.05, 0) is 35.9 Å². The SMILES string of the molecule is CC(=O)Nc1cc(COCCS(=O)(=O)O)cc(Nc2c3ccccc3nc3ccccc23)c1.[NaH]. The topological polar surface area (TPSA) is 118 Å². The molecular weight excluding hydrogens is 465 g/mol. The molecule has 4 aromatic rings. The van der Waals surface area contributed by atoms with Gasteiger partial charge in [-0.3, -0.25) is 9.35 Å². The number of amides is 1. The van der Waals surface area contributed by atoms with E-state index in [4.69, 9.17) is 14.3 Å². The van der Waals surface area contributed by atoms with Gasteiger partial charge in [0.05, 0.1) is 35.7 Å². The third-order valence-electron chi connectivity index (χ3n) is 4.92. The zero-order valence-electron chi connectivity index (χ0n) is 17.9. The van der Waals surface area contributed by atoms with E-state index in [-0.39, 0.29) is 48.7 Å². The molecule has 1 heterocycles. The second-order valence-corrected chi connectivity index (χ2v) is 9.16. The minimum absolute atomic E-state index is 0. The third-order valence-corrected chi connectivity index (χ3v) is 5.61. The molecule has 0 atom stereocenters. The number of fused-ring (bicyclic) bond motifs is 2. The molecule has 0 bridgehead atoms. The Morgan fingerprint density at radius 3 is 2.15 bits per heavy atom. The van der Waals surface area contributed by atoms with Crippen molar-refractivity contribution in [3.8, 4) is 0 Å². The van der Waals surface area contributed by atoms with Gasteiger partial charge in [-0.15, -0.1) is 0 Å². The van der Waals surface area contributed by atoms with E-state index in [9.17, 15) is 13.2 Å². The van der Waals surface area contributed by atoms with Gasteiger partial charge >= 0.3 is 29.6 Å². The molecule has 0 spiro atoms. The molecule has 0 aliphatic heterocycles. The van der Waals surface area contributed by atoms with Crippen molar-refractivity contribution >= 4 is 84.5 Å². The first kappa shape index (κ1) is 26.1. The van der Waals surface area contributed by atoms with E-state index in [2.05, 4.69) is 10.6 Å². The molecule has 3 N–H and O–H groups in total. The van der Waals surface area contributed by atoms with E-state index < -0.39 is 15.9 Å². The van der Waals surface area contributed by atoms with E-state index in [0.717, 1.165) is 38.7 Å². The van der Waals surface area contributed by atoms with Gasteiger partial charge in [0.15, 0.2) is 0 Å². The molecule has 8 nitrogen and oxygen atoms in total. The van der Waals surface area contributed by atoms with Crippen molar-refractivity contribution in [3.63, 3.8) is 0 Å². The van der Waals surface area contributed by atoms with Crippen molar-refractivity contribution < 1.29 is 22.5 Å². The number of benzene rings is 3. The van der Waals surface area contributed by atoms with Gasteiger partial charge in [-0.2, -0.15) is 8.42 Å². The maximum absolute atomic E-state index is 11.6. The van der Waals surface area contributed by atoms with E-state index in [0.29, 0.717) is 5.69 Å². The molecule has 0 fully saturated rings. The second kappa shape index (κ2) is 11.3. The van der Waals surface area contributed by atoms with Crippen LogP contribution in [0.3, 0.4) is 0 Å². The van der Waals surface area contributed by atoms with Gasteiger partial charge in [-0.25, -0.2) is 4.98 Å². The van der Waals surface area contributed by atoms with Crippen molar-refractivity contribution in [2.24, 2.45) is 0 Å². The van der Waals surface area contributed by atoms with Gasteiger partial charge in [0, 0.05) is 29.1 Å². The van der Waals surface area contributed by atoms with Crippen LogP contribution in [0.15, 0.2) is 66.7 Å². The van der Waals surface area contributed by atoms with Crippen LogP contribution in [0, 0.1) is 0 Å². The fraction of sp³-hybridized carbons (Fsp3) is 0.167. The summed E-state index contributed by atoms with van der Waals surface area (Å²) >= 11 is 0. The first-order valence-corrected chi connectivity index (χ1v) is 11.9. The van der Waals surface area contributed by atoms with Crippen LogP contribution in [0.5, 0.6) is 0 Å². The monoisotopic (exact) mass is 489 g/mol. The van der Waals surface area contributed by atoms with E-state index >= 15 is 0 Å². The summed E-state index contributed by atoms with van der Waals surface area (Å²) in [6.07, 6.45) is 0. The zero-order chi connectivity index (χ0) is 23.4. The van der Waals surface area contributed by atoms with Gasteiger partial charge in [0.1, 0.15) is 0 Å². The summed E-state index contributed by atoms with van der Waals surface area (Å²) in [5.74, 6) is -0.705. The zero-order valence-corrected chi connectivity index (χ0v) is 18.7. The average molecular weight is 490 g/mol. The summed E-state index contributed by atoms with van der Waals surface area (Å²) in [7, 11) is -4.09. The van der Waals surface area contributed by atoms with Crippen molar-refractivity contribution in [1.82, 2.24) is 4.98 Å². The summed E-state index contributed by atoms with van der Waals surface area (Å²) in [4.78, 5) is 16.4.